The summed E-state index contributed by atoms with van der Waals surface area (Å²) in [5.41, 5.74) is 2.13. The van der Waals surface area contributed by atoms with Crippen molar-refractivity contribution < 1.29 is 4.79 Å². The van der Waals surface area contributed by atoms with Crippen LogP contribution in [-0.4, -0.2) is 41.0 Å². The molecule has 1 aromatic rings. The summed E-state index contributed by atoms with van der Waals surface area (Å²) >= 11 is 1.73. The van der Waals surface area contributed by atoms with Gasteiger partial charge in [0, 0.05) is 5.92 Å². The predicted molar refractivity (Wildman–Crippen MR) is 85.4 cm³/mol. The molecule has 112 valence electrons. The Bertz CT molecular complexity index is 594. The second kappa shape index (κ2) is 6.20. The molecule has 0 N–H and O–H groups in total. The molecule has 0 spiro atoms. The van der Waals surface area contributed by atoms with Crippen LogP contribution in [0.15, 0.2) is 17.7 Å². The lowest BCUT2D eigenvalue weighted by Gasteiger charge is -2.27. The number of hydrogen-bond donors (Lipinski definition) is 0. The van der Waals surface area contributed by atoms with Gasteiger partial charge in [0.1, 0.15) is 10.0 Å². The molecule has 5 heteroatoms. The van der Waals surface area contributed by atoms with Crippen molar-refractivity contribution in [2.24, 2.45) is 0 Å². The lowest BCUT2D eigenvalue weighted by Crippen LogP contribution is -2.29. The van der Waals surface area contributed by atoms with Gasteiger partial charge in [-0.2, -0.15) is 0 Å². The fourth-order valence-corrected chi connectivity index (χ4v) is 3.96. The average molecular weight is 303 g/mol. The molecule has 0 bridgehead atoms. The summed E-state index contributed by atoms with van der Waals surface area (Å²) in [6.45, 7) is 3.92. The van der Waals surface area contributed by atoms with Crippen LogP contribution in [0.4, 0.5) is 0 Å². The van der Waals surface area contributed by atoms with Crippen molar-refractivity contribution in [3.8, 4) is 0 Å². The fourth-order valence-electron chi connectivity index (χ4n) is 2.89. The molecule has 1 aliphatic heterocycles. The molecule has 2 heterocycles. The first-order valence-corrected chi connectivity index (χ1v) is 8.38. The Labute approximate surface area is 129 Å². The molecular formula is C16H21N3OS. The van der Waals surface area contributed by atoms with Crippen LogP contribution in [0.1, 0.15) is 48.5 Å². The molecule has 0 saturated carbocycles. The van der Waals surface area contributed by atoms with Gasteiger partial charge in [-0.15, -0.1) is 10.2 Å². The Morgan fingerprint density at radius 2 is 2.00 bits per heavy atom. The number of likely N-dealkylation sites (tertiary alicyclic amines) is 1. The molecule has 1 fully saturated rings. The number of allylic oxidation sites excluding steroid dienone is 4. The summed E-state index contributed by atoms with van der Waals surface area (Å²) in [5.74, 6) is 0.745. The minimum Gasteiger partial charge on any atom is -0.306 e. The molecule has 0 radical (unpaired) electrons. The summed E-state index contributed by atoms with van der Waals surface area (Å²) in [6, 6.07) is 0. The van der Waals surface area contributed by atoms with E-state index >= 15 is 0 Å². The van der Waals surface area contributed by atoms with Crippen LogP contribution in [0.2, 0.25) is 0 Å². The third kappa shape index (κ3) is 3.30. The SMILES string of the molecule is CC(=O)C1=CC=C(c2nnc(C3CCN(C)CC3)s2)CC1. The second-order valence-electron chi connectivity index (χ2n) is 5.96. The summed E-state index contributed by atoms with van der Waals surface area (Å²) in [7, 11) is 2.17. The molecule has 2 aliphatic rings. The Hall–Kier alpha value is -1.33. The normalized spacial score (nSPS) is 21.0. The maximum atomic E-state index is 11.4. The van der Waals surface area contributed by atoms with Gasteiger partial charge in [-0.1, -0.05) is 23.5 Å². The van der Waals surface area contributed by atoms with E-state index in [-0.39, 0.29) is 5.78 Å². The van der Waals surface area contributed by atoms with Crippen molar-refractivity contribution in [3.63, 3.8) is 0 Å². The largest absolute Gasteiger partial charge is 0.306 e. The van der Waals surface area contributed by atoms with Crippen molar-refractivity contribution in [1.82, 2.24) is 15.1 Å². The van der Waals surface area contributed by atoms with Gasteiger partial charge in [0.05, 0.1) is 0 Å². The molecule has 3 rings (SSSR count). The van der Waals surface area contributed by atoms with E-state index in [2.05, 4.69) is 22.1 Å². The highest BCUT2D eigenvalue weighted by Gasteiger charge is 2.23. The van der Waals surface area contributed by atoms with Gasteiger partial charge in [-0.3, -0.25) is 4.79 Å². The van der Waals surface area contributed by atoms with Gasteiger partial charge in [0.15, 0.2) is 5.78 Å². The van der Waals surface area contributed by atoms with Gasteiger partial charge in [0.2, 0.25) is 0 Å². The van der Waals surface area contributed by atoms with Gasteiger partial charge >= 0.3 is 0 Å². The molecule has 1 aromatic heterocycles. The Morgan fingerprint density at radius 1 is 1.24 bits per heavy atom. The first-order chi connectivity index (χ1) is 10.1. The Morgan fingerprint density at radius 3 is 2.62 bits per heavy atom. The van der Waals surface area contributed by atoms with E-state index in [4.69, 9.17) is 0 Å². The molecule has 1 aliphatic carbocycles. The van der Waals surface area contributed by atoms with Crippen molar-refractivity contribution >= 4 is 22.7 Å². The van der Waals surface area contributed by atoms with Gasteiger partial charge < -0.3 is 4.90 Å². The number of nitrogens with zero attached hydrogens (tertiary/aromatic N) is 3. The number of rotatable bonds is 3. The predicted octanol–water partition coefficient (Wildman–Crippen LogP) is 3.04. The van der Waals surface area contributed by atoms with Crippen molar-refractivity contribution in [2.45, 2.75) is 38.5 Å². The van der Waals surface area contributed by atoms with Gasteiger partial charge in [-0.25, -0.2) is 0 Å². The van der Waals surface area contributed by atoms with Crippen LogP contribution in [0.5, 0.6) is 0 Å². The Kier molecular flexibility index (Phi) is 4.31. The molecule has 0 atom stereocenters. The Balaban J connectivity index is 1.72. The number of piperidine rings is 1. The summed E-state index contributed by atoms with van der Waals surface area (Å²) in [5, 5.41) is 11.0. The van der Waals surface area contributed by atoms with E-state index in [1.807, 2.05) is 12.2 Å². The van der Waals surface area contributed by atoms with E-state index in [0.29, 0.717) is 5.92 Å². The first-order valence-electron chi connectivity index (χ1n) is 7.56. The van der Waals surface area contributed by atoms with Crippen LogP contribution >= 0.6 is 11.3 Å². The lowest BCUT2D eigenvalue weighted by molar-refractivity contribution is -0.113. The zero-order valence-electron chi connectivity index (χ0n) is 12.6. The number of ketones is 1. The van der Waals surface area contributed by atoms with Crippen LogP contribution in [0.3, 0.4) is 0 Å². The topological polar surface area (TPSA) is 46.1 Å². The highest BCUT2D eigenvalue weighted by Crippen LogP contribution is 2.34. The number of hydrogen-bond acceptors (Lipinski definition) is 5. The van der Waals surface area contributed by atoms with E-state index in [9.17, 15) is 4.79 Å². The summed E-state index contributed by atoms with van der Waals surface area (Å²) < 4.78 is 0. The van der Waals surface area contributed by atoms with Crippen molar-refractivity contribution in [3.05, 3.63) is 27.7 Å². The minimum absolute atomic E-state index is 0.176. The molecular weight excluding hydrogens is 282 g/mol. The summed E-state index contributed by atoms with van der Waals surface area (Å²) in [4.78, 5) is 13.7. The van der Waals surface area contributed by atoms with Crippen LogP contribution in [0, 0.1) is 0 Å². The standard InChI is InChI=1S/C16H21N3OS/c1-11(20)12-3-5-13(6-4-12)15-17-18-16(21-15)14-7-9-19(2)10-8-14/h3,5,14H,4,6-10H2,1-2H3. The van der Waals surface area contributed by atoms with Gasteiger partial charge in [0.25, 0.3) is 0 Å². The summed E-state index contributed by atoms with van der Waals surface area (Å²) in [6.07, 6.45) is 8.06. The van der Waals surface area contributed by atoms with Gasteiger partial charge in [-0.05, 0) is 63.9 Å². The van der Waals surface area contributed by atoms with Crippen molar-refractivity contribution in [1.29, 1.82) is 0 Å². The average Bonchev–Trinajstić information content (AvgIpc) is 2.98. The van der Waals surface area contributed by atoms with E-state index in [1.54, 1.807) is 18.3 Å². The highest BCUT2D eigenvalue weighted by atomic mass is 32.1. The van der Waals surface area contributed by atoms with E-state index in [0.717, 1.165) is 36.5 Å². The second-order valence-corrected chi connectivity index (χ2v) is 6.97. The smallest absolute Gasteiger partial charge is 0.155 e. The minimum atomic E-state index is 0.176. The molecule has 0 amide bonds. The fraction of sp³-hybridized carbons (Fsp3) is 0.562. The third-order valence-electron chi connectivity index (χ3n) is 4.38. The lowest BCUT2D eigenvalue weighted by atomic mass is 9.97. The number of carbonyl (C=O) groups excluding carboxylic acids is 1. The van der Waals surface area contributed by atoms with Crippen LogP contribution in [-0.2, 0) is 4.79 Å². The number of aromatic nitrogens is 2. The molecule has 1 saturated heterocycles. The van der Waals surface area contributed by atoms with Crippen LogP contribution in [0.25, 0.3) is 5.57 Å². The van der Waals surface area contributed by atoms with Crippen LogP contribution < -0.4 is 0 Å². The highest BCUT2D eigenvalue weighted by molar-refractivity contribution is 7.12. The maximum Gasteiger partial charge on any atom is 0.155 e. The molecule has 0 unspecified atom stereocenters. The monoisotopic (exact) mass is 303 g/mol. The maximum absolute atomic E-state index is 11.4. The number of carbonyl (C=O) groups is 1. The van der Waals surface area contributed by atoms with E-state index in [1.165, 1.54) is 23.4 Å². The first kappa shape index (κ1) is 14.6. The van der Waals surface area contributed by atoms with E-state index < -0.39 is 0 Å². The zero-order chi connectivity index (χ0) is 14.8. The van der Waals surface area contributed by atoms with Crippen molar-refractivity contribution in [2.75, 3.05) is 20.1 Å². The third-order valence-corrected chi connectivity index (χ3v) is 5.55. The molecule has 21 heavy (non-hydrogen) atoms. The quantitative estimate of drug-likeness (QED) is 0.861. The molecule has 0 aromatic carbocycles. The zero-order valence-corrected chi connectivity index (χ0v) is 13.4. The number of Topliss-reactive ketones (excluding diaryl/α,β-unsaturated/α-hetero) is 1. The molecule has 4 nitrogen and oxygen atoms in total.